The van der Waals surface area contributed by atoms with Crippen LogP contribution in [0, 0.1) is 0 Å². The maximum Gasteiger partial charge on any atom is 0.160 e. The largest absolute Gasteiger partial charge is 0.354 e. The number of H-pyrrole nitrogens is 1. The van der Waals surface area contributed by atoms with Crippen LogP contribution in [0.15, 0.2) is 12.5 Å². The van der Waals surface area contributed by atoms with Crippen molar-refractivity contribution in [3.8, 4) is 0 Å². The molecule has 1 saturated carbocycles. The molecule has 6 heteroatoms. The highest BCUT2D eigenvalue weighted by Gasteiger charge is 2.38. The summed E-state index contributed by atoms with van der Waals surface area (Å²) in [6.07, 6.45) is 10.4. The number of hydrogen-bond acceptors (Lipinski definition) is 5. The number of thioether (sulfide) groups is 1. The van der Waals surface area contributed by atoms with Gasteiger partial charge in [-0.25, -0.2) is 9.97 Å². The zero-order valence-electron chi connectivity index (χ0n) is 11.5. The summed E-state index contributed by atoms with van der Waals surface area (Å²) in [5.41, 5.74) is 0.839. The second-order valence-corrected chi connectivity index (χ2v) is 7.41. The van der Waals surface area contributed by atoms with Gasteiger partial charge in [0.05, 0.1) is 11.6 Å². The number of nitrogens with one attached hydrogen (secondary N) is 1. The van der Waals surface area contributed by atoms with Crippen molar-refractivity contribution in [1.82, 2.24) is 20.2 Å². The Balaban J connectivity index is 1.66. The van der Waals surface area contributed by atoms with Crippen LogP contribution in [-0.4, -0.2) is 43.8 Å². The second kappa shape index (κ2) is 4.91. The average Bonchev–Trinajstić information content (AvgIpc) is 2.96. The summed E-state index contributed by atoms with van der Waals surface area (Å²) in [5.74, 6) is 2.25. The van der Waals surface area contributed by atoms with Crippen molar-refractivity contribution in [2.75, 3.05) is 23.7 Å². The minimum absolute atomic E-state index is 0.456. The monoisotopic (exact) mass is 289 g/mol. The number of rotatable bonds is 1. The summed E-state index contributed by atoms with van der Waals surface area (Å²) in [6.45, 7) is 2.19. The lowest BCUT2D eigenvalue weighted by molar-refractivity contribution is 0.390. The lowest BCUT2D eigenvalue weighted by atomic mass is 9.87. The van der Waals surface area contributed by atoms with Gasteiger partial charge in [0.2, 0.25) is 0 Å². The quantitative estimate of drug-likeness (QED) is 0.874. The van der Waals surface area contributed by atoms with E-state index in [0.717, 1.165) is 29.9 Å². The van der Waals surface area contributed by atoms with E-state index in [1.165, 1.54) is 37.9 Å². The number of anilines is 1. The van der Waals surface area contributed by atoms with E-state index in [9.17, 15) is 0 Å². The third-order valence-electron chi connectivity index (χ3n) is 4.54. The average molecular weight is 289 g/mol. The van der Waals surface area contributed by atoms with Crippen LogP contribution in [0.25, 0.3) is 11.0 Å². The van der Waals surface area contributed by atoms with Crippen molar-refractivity contribution >= 4 is 28.6 Å². The zero-order valence-corrected chi connectivity index (χ0v) is 12.3. The van der Waals surface area contributed by atoms with E-state index < -0.39 is 0 Å². The highest BCUT2D eigenvalue weighted by Crippen LogP contribution is 2.43. The maximum atomic E-state index is 4.53. The maximum absolute atomic E-state index is 4.53. The van der Waals surface area contributed by atoms with E-state index in [1.807, 2.05) is 6.20 Å². The molecule has 0 amide bonds. The fraction of sp³-hybridized carbons (Fsp3) is 0.643. The molecule has 2 fully saturated rings. The minimum Gasteiger partial charge on any atom is -0.354 e. The van der Waals surface area contributed by atoms with Crippen LogP contribution in [-0.2, 0) is 0 Å². The molecule has 0 unspecified atom stereocenters. The summed E-state index contributed by atoms with van der Waals surface area (Å²) in [4.78, 5) is 11.2. The molecule has 1 aliphatic heterocycles. The molecule has 4 rings (SSSR count). The third kappa shape index (κ3) is 2.06. The molecule has 106 valence electrons. The van der Waals surface area contributed by atoms with E-state index in [-0.39, 0.29) is 0 Å². The first kappa shape index (κ1) is 12.4. The Morgan fingerprint density at radius 2 is 2.10 bits per heavy atom. The normalized spacial score (nSPS) is 22.5. The van der Waals surface area contributed by atoms with Crippen molar-refractivity contribution in [3.05, 3.63) is 12.5 Å². The van der Waals surface area contributed by atoms with Crippen LogP contribution >= 0.6 is 11.8 Å². The molecule has 5 nitrogen and oxygen atoms in total. The number of aromatic amines is 1. The molecule has 20 heavy (non-hydrogen) atoms. The SMILES string of the molecule is c1nc(N2CCSC3(CCCCC3)C2)c2cn[nH]c2n1. The molecule has 0 radical (unpaired) electrons. The Bertz CT molecular complexity index is 599. The first-order valence-electron chi connectivity index (χ1n) is 7.39. The number of fused-ring (bicyclic) bond motifs is 1. The van der Waals surface area contributed by atoms with E-state index in [0.29, 0.717) is 4.75 Å². The molecule has 0 aromatic carbocycles. The van der Waals surface area contributed by atoms with Crippen molar-refractivity contribution in [1.29, 1.82) is 0 Å². The Kier molecular flexibility index (Phi) is 3.06. The highest BCUT2D eigenvalue weighted by atomic mass is 32.2. The predicted molar refractivity (Wildman–Crippen MR) is 82.2 cm³/mol. The highest BCUT2D eigenvalue weighted by molar-refractivity contribution is 8.00. The lowest BCUT2D eigenvalue weighted by Gasteiger charge is -2.45. The van der Waals surface area contributed by atoms with Crippen molar-refractivity contribution in [2.24, 2.45) is 0 Å². The molecule has 2 aliphatic rings. The van der Waals surface area contributed by atoms with Gasteiger partial charge in [-0.1, -0.05) is 19.3 Å². The molecule has 2 aromatic rings. The molecule has 1 N–H and O–H groups in total. The van der Waals surface area contributed by atoms with Gasteiger partial charge in [-0.3, -0.25) is 5.10 Å². The molecule has 3 heterocycles. The third-order valence-corrected chi connectivity index (χ3v) is 6.08. The summed E-state index contributed by atoms with van der Waals surface area (Å²) in [7, 11) is 0. The molecule has 1 aliphatic carbocycles. The fourth-order valence-electron chi connectivity index (χ4n) is 3.53. The van der Waals surface area contributed by atoms with Crippen LogP contribution in [0.2, 0.25) is 0 Å². The first-order chi connectivity index (χ1) is 9.86. The molecule has 1 spiro atoms. The van der Waals surface area contributed by atoms with E-state index in [2.05, 4.69) is 36.8 Å². The molecule has 0 atom stereocenters. The number of aromatic nitrogens is 4. The van der Waals surface area contributed by atoms with Crippen LogP contribution in [0.5, 0.6) is 0 Å². The van der Waals surface area contributed by atoms with E-state index in [1.54, 1.807) is 6.33 Å². The van der Waals surface area contributed by atoms with Crippen LogP contribution < -0.4 is 4.90 Å². The number of nitrogens with zero attached hydrogens (tertiary/aromatic N) is 4. The van der Waals surface area contributed by atoms with Gasteiger partial charge in [0.15, 0.2) is 5.65 Å². The molecule has 2 aromatic heterocycles. The Morgan fingerprint density at radius 3 is 3.00 bits per heavy atom. The topological polar surface area (TPSA) is 57.7 Å². The zero-order chi connectivity index (χ0) is 13.4. The van der Waals surface area contributed by atoms with Gasteiger partial charge >= 0.3 is 0 Å². The Hall–Kier alpha value is -1.30. The summed E-state index contributed by atoms with van der Waals surface area (Å²) >= 11 is 2.18. The van der Waals surface area contributed by atoms with Gasteiger partial charge in [0.25, 0.3) is 0 Å². The van der Waals surface area contributed by atoms with Crippen molar-refractivity contribution < 1.29 is 0 Å². The van der Waals surface area contributed by atoms with E-state index in [4.69, 9.17) is 0 Å². The van der Waals surface area contributed by atoms with Crippen molar-refractivity contribution in [3.63, 3.8) is 0 Å². The summed E-state index contributed by atoms with van der Waals surface area (Å²) in [5, 5.41) is 8.09. The summed E-state index contributed by atoms with van der Waals surface area (Å²) < 4.78 is 0.456. The molecule has 1 saturated heterocycles. The Morgan fingerprint density at radius 1 is 1.20 bits per heavy atom. The van der Waals surface area contributed by atoms with Gasteiger partial charge in [-0.15, -0.1) is 0 Å². The molecule has 0 bridgehead atoms. The fourth-order valence-corrected chi connectivity index (χ4v) is 5.10. The van der Waals surface area contributed by atoms with E-state index >= 15 is 0 Å². The molecular formula is C14H19N5S. The van der Waals surface area contributed by atoms with Gasteiger partial charge in [-0.2, -0.15) is 16.9 Å². The molecular weight excluding hydrogens is 270 g/mol. The van der Waals surface area contributed by atoms with Gasteiger partial charge < -0.3 is 4.90 Å². The summed E-state index contributed by atoms with van der Waals surface area (Å²) in [6, 6.07) is 0. The van der Waals surface area contributed by atoms with Gasteiger partial charge in [-0.05, 0) is 12.8 Å². The first-order valence-corrected chi connectivity index (χ1v) is 8.38. The van der Waals surface area contributed by atoms with Crippen LogP contribution in [0.4, 0.5) is 5.82 Å². The standard InChI is InChI=1S/C14H19N5S/c1-2-4-14(5-3-1)9-19(6-7-20-14)13-11-8-17-18-12(11)15-10-16-13/h8,10H,1-7,9H2,(H,15,16,17,18). The Labute approximate surface area is 122 Å². The van der Waals surface area contributed by atoms with Gasteiger partial charge in [0, 0.05) is 23.6 Å². The van der Waals surface area contributed by atoms with Gasteiger partial charge in [0.1, 0.15) is 12.1 Å². The smallest absolute Gasteiger partial charge is 0.160 e. The van der Waals surface area contributed by atoms with Crippen LogP contribution in [0.3, 0.4) is 0 Å². The second-order valence-electron chi connectivity index (χ2n) is 5.84. The van der Waals surface area contributed by atoms with Crippen molar-refractivity contribution in [2.45, 2.75) is 36.9 Å². The number of hydrogen-bond donors (Lipinski definition) is 1. The lowest BCUT2D eigenvalue weighted by Crippen LogP contribution is -2.48. The predicted octanol–water partition coefficient (Wildman–Crippen LogP) is 2.61. The van der Waals surface area contributed by atoms with Crippen LogP contribution in [0.1, 0.15) is 32.1 Å². The minimum atomic E-state index is 0.456.